The van der Waals surface area contributed by atoms with Gasteiger partial charge in [0.15, 0.2) is 11.6 Å². The number of nitrogens with zero attached hydrogens (tertiary/aromatic N) is 1. The summed E-state index contributed by atoms with van der Waals surface area (Å²) in [5.41, 5.74) is 0.886. The molecule has 0 heterocycles. The Kier molecular flexibility index (Phi) is 4.09. The molecule has 1 aliphatic rings. The molecular weight excluding hydrogens is 232 g/mol. The molecule has 1 aliphatic carbocycles. The quantitative estimate of drug-likeness (QED) is 0.714. The Morgan fingerprint density at radius 1 is 1.11 bits per heavy atom. The monoisotopic (exact) mass is 247 g/mol. The minimum absolute atomic E-state index is 0.312. The minimum Gasteiger partial charge on any atom is -0.204 e. The van der Waals surface area contributed by atoms with Gasteiger partial charge in [0.2, 0.25) is 0 Å². The molecule has 1 saturated carbocycles. The fourth-order valence-electron chi connectivity index (χ4n) is 2.59. The second kappa shape index (κ2) is 5.77. The fraction of sp³-hybridized carbons (Fsp3) is 0.400. The first-order chi connectivity index (χ1) is 8.70. The van der Waals surface area contributed by atoms with Crippen molar-refractivity contribution in [2.75, 3.05) is 0 Å². The Hall–Kier alpha value is -1.69. The van der Waals surface area contributed by atoms with Gasteiger partial charge in [0.25, 0.3) is 0 Å². The molecule has 0 spiro atoms. The second-order valence-electron chi connectivity index (χ2n) is 4.77. The van der Waals surface area contributed by atoms with Crippen LogP contribution in [0.3, 0.4) is 0 Å². The zero-order valence-corrected chi connectivity index (χ0v) is 10.1. The highest BCUT2D eigenvalue weighted by atomic mass is 19.2. The zero-order chi connectivity index (χ0) is 13.0. The normalized spacial score (nSPS) is 24.1. The van der Waals surface area contributed by atoms with Crippen LogP contribution in [0.25, 0.3) is 0 Å². The van der Waals surface area contributed by atoms with Crippen LogP contribution in [0.15, 0.2) is 30.4 Å². The van der Waals surface area contributed by atoms with Crippen LogP contribution < -0.4 is 0 Å². The fourth-order valence-corrected chi connectivity index (χ4v) is 2.59. The molecule has 0 aliphatic heterocycles. The largest absolute Gasteiger partial charge is 0.204 e. The van der Waals surface area contributed by atoms with E-state index in [0.29, 0.717) is 11.8 Å². The molecule has 0 atom stereocenters. The van der Waals surface area contributed by atoms with Gasteiger partial charge in [-0.25, -0.2) is 8.78 Å². The molecule has 18 heavy (non-hydrogen) atoms. The highest BCUT2D eigenvalue weighted by molar-refractivity contribution is 5.22. The number of allylic oxidation sites excluding steroid dienone is 2. The van der Waals surface area contributed by atoms with E-state index >= 15 is 0 Å². The van der Waals surface area contributed by atoms with E-state index in [-0.39, 0.29) is 0 Å². The molecule has 1 nitrogen and oxygen atoms in total. The maximum absolute atomic E-state index is 13.2. The molecule has 2 rings (SSSR count). The summed E-state index contributed by atoms with van der Waals surface area (Å²) in [6.07, 6.45) is 7.41. The van der Waals surface area contributed by atoms with E-state index < -0.39 is 11.6 Å². The van der Waals surface area contributed by atoms with Gasteiger partial charge in [0.1, 0.15) is 0 Å². The van der Waals surface area contributed by atoms with Crippen molar-refractivity contribution < 1.29 is 8.78 Å². The molecule has 0 unspecified atom stereocenters. The summed E-state index contributed by atoms with van der Waals surface area (Å²) in [7, 11) is 0. The number of hydrogen-bond donors (Lipinski definition) is 0. The molecule has 3 heteroatoms. The highest BCUT2D eigenvalue weighted by Crippen LogP contribution is 2.36. The SMILES string of the molecule is N#CC=CC1CCC(c2ccc(F)c(F)c2)CC1. The first-order valence-electron chi connectivity index (χ1n) is 6.22. The molecular formula is C15H15F2N. The van der Waals surface area contributed by atoms with E-state index in [2.05, 4.69) is 0 Å². The third-order valence-corrected chi connectivity index (χ3v) is 3.63. The minimum atomic E-state index is -0.788. The van der Waals surface area contributed by atoms with Crippen LogP contribution in [0, 0.1) is 28.9 Å². The lowest BCUT2D eigenvalue weighted by Gasteiger charge is -2.27. The van der Waals surface area contributed by atoms with Crippen molar-refractivity contribution in [1.82, 2.24) is 0 Å². The Labute approximate surface area is 106 Å². The van der Waals surface area contributed by atoms with Gasteiger partial charge in [0, 0.05) is 6.08 Å². The van der Waals surface area contributed by atoms with E-state index in [4.69, 9.17) is 5.26 Å². The summed E-state index contributed by atoms with van der Waals surface area (Å²) in [5, 5.41) is 8.47. The van der Waals surface area contributed by atoms with Crippen molar-refractivity contribution in [3.05, 3.63) is 47.5 Å². The highest BCUT2D eigenvalue weighted by Gasteiger charge is 2.21. The van der Waals surface area contributed by atoms with Gasteiger partial charge in [-0.2, -0.15) is 5.26 Å². The van der Waals surface area contributed by atoms with Crippen LogP contribution in [0.1, 0.15) is 37.2 Å². The average molecular weight is 247 g/mol. The molecule has 0 bridgehead atoms. The molecule has 0 aromatic heterocycles. The van der Waals surface area contributed by atoms with Crippen LogP contribution in [0.5, 0.6) is 0 Å². The Morgan fingerprint density at radius 3 is 2.44 bits per heavy atom. The molecule has 1 fully saturated rings. The van der Waals surface area contributed by atoms with Crippen molar-refractivity contribution in [3.63, 3.8) is 0 Å². The van der Waals surface area contributed by atoms with Gasteiger partial charge in [-0.05, 0) is 55.2 Å². The van der Waals surface area contributed by atoms with E-state index in [9.17, 15) is 8.78 Å². The lowest BCUT2D eigenvalue weighted by molar-refractivity contribution is 0.374. The predicted octanol–water partition coefficient (Wildman–Crippen LogP) is 4.32. The molecule has 1 aromatic carbocycles. The number of halogens is 2. The summed E-state index contributed by atoms with van der Waals surface area (Å²) in [6.45, 7) is 0. The summed E-state index contributed by atoms with van der Waals surface area (Å²) < 4.78 is 26.0. The first-order valence-corrected chi connectivity index (χ1v) is 6.22. The van der Waals surface area contributed by atoms with Crippen molar-refractivity contribution in [1.29, 1.82) is 5.26 Å². The van der Waals surface area contributed by atoms with Crippen molar-refractivity contribution >= 4 is 0 Å². The van der Waals surface area contributed by atoms with Crippen LogP contribution in [-0.4, -0.2) is 0 Å². The van der Waals surface area contributed by atoms with Gasteiger partial charge in [-0.3, -0.25) is 0 Å². The van der Waals surface area contributed by atoms with Crippen molar-refractivity contribution in [3.8, 4) is 6.07 Å². The molecule has 0 radical (unpaired) electrons. The molecule has 0 amide bonds. The second-order valence-corrected chi connectivity index (χ2v) is 4.77. The Bertz CT molecular complexity index is 480. The van der Waals surface area contributed by atoms with Crippen LogP contribution in [0.2, 0.25) is 0 Å². The molecule has 1 aromatic rings. The van der Waals surface area contributed by atoms with E-state index in [1.807, 2.05) is 12.1 Å². The zero-order valence-electron chi connectivity index (χ0n) is 10.1. The average Bonchev–Trinajstić information content (AvgIpc) is 2.40. The molecule has 0 N–H and O–H groups in total. The van der Waals surface area contributed by atoms with Crippen LogP contribution in [0.4, 0.5) is 8.78 Å². The summed E-state index contributed by atoms with van der Waals surface area (Å²) in [4.78, 5) is 0. The number of hydrogen-bond acceptors (Lipinski definition) is 1. The number of benzene rings is 1. The van der Waals surface area contributed by atoms with Gasteiger partial charge < -0.3 is 0 Å². The Balaban J connectivity index is 1.99. The Morgan fingerprint density at radius 2 is 1.83 bits per heavy atom. The van der Waals surface area contributed by atoms with Crippen LogP contribution in [-0.2, 0) is 0 Å². The lowest BCUT2D eigenvalue weighted by Crippen LogP contribution is -2.12. The van der Waals surface area contributed by atoms with Gasteiger partial charge in [-0.15, -0.1) is 0 Å². The lowest BCUT2D eigenvalue weighted by atomic mass is 9.78. The van der Waals surface area contributed by atoms with Crippen molar-refractivity contribution in [2.45, 2.75) is 31.6 Å². The standard InChI is InChI=1S/C15H15F2N/c16-14-8-7-13(10-15(14)17)12-5-3-11(4-6-12)2-1-9-18/h1-2,7-8,10-12H,3-6H2. The van der Waals surface area contributed by atoms with E-state index in [1.165, 1.54) is 18.2 Å². The maximum atomic E-state index is 13.2. The van der Waals surface area contributed by atoms with Crippen molar-refractivity contribution in [2.24, 2.45) is 5.92 Å². The maximum Gasteiger partial charge on any atom is 0.159 e. The molecule has 0 saturated heterocycles. The summed E-state index contributed by atoms with van der Waals surface area (Å²) >= 11 is 0. The summed E-state index contributed by atoms with van der Waals surface area (Å²) in [5.74, 6) is -0.790. The first kappa shape index (κ1) is 12.8. The van der Waals surface area contributed by atoms with Gasteiger partial charge >= 0.3 is 0 Å². The smallest absolute Gasteiger partial charge is 0.159 e. The third kappa shape index (κ3) is 2.95. The predicted molar refractivity (Wildman–Crippen MR) is 65.8 cm³/mol. The van der Waals surface area contributed by atoms with E-state index in [1.54, 1.807) is 6.07 Å². The van der Waals surface area contributed by atoms with Gasteiger partial charge in [-0.1, -0.05) is 12.1 Å². The van der Waals surface area contributed by atoms with Crippen LogP contribution >= 0.6 is 0 Å². The number of rotatable bonds is 2. The van der Waals surface area contributed by atoms with E-state index in [0.717, 1.165) is 31.2 Å². The molecule has 94 valence electrons. The topological polar surface area (TPSA) is 23.8 Å². The number of nitriles is 1. The summed E-state index contributed by atoms with van der Waals surface area (Å²) in [6, 6.07) is 6.19. The van der Waals surface area contributed by atoms with Gasteiger partial charge in [0.05, 0.1) is 6.07 Å². The third-order valence-electron chi connectivity index (χ3n) is 3.63.